The van der Waals surface area contributed by atoms with Gasteiger partial charge in [-0.2, -0.15) is 0 Å². The smallest absolute Gasteiger partial charge is 0.232 e. The lowest BCUT2D eigenvalue weighted by Crippen LogP contribution is -2.17. The lowest BCUT2D eigenvalue weighted by molar-refractivity contribution is 0.174. The molecule has 1 aliphatic rings. The van der Waals surface area contributed by atoms with Crippen LogP contribution in [0.4, 0.5) is 5.69 Å². The van der Waals surface area contributed by atoms with Gasteiger partial charge in [-0.15, -0.1) is 0 Å². The molecule has 0 bridgehead atoms. The summed E-state index contributed by atoms with van der Waals surface area (Å²) in [7, 11) is -3.42. The number of ether oxygens (including phenoxy) is 2. The SMILES string of the molecule is O=S(=O)(CCCO)Nc1ccc2c(c1)OCO2. The van der Waals surface area contributed by atoms with E-state index in [0.717, 1.165) is 0 Å². The van der Waals surface area contributed by atoms with Crippen LogP contribution in [-0.2, 0) is 10.0 Å². The summed E-state index contributed by atoms with van der Waals surface area (Å²) in [6, 6.07) is 4.81. The zero-order valence-corrected chi connectivity index (χ0v) is 9.87. The molecule has 7 heteroatoms. The Morgan fingerprint density at radius 3 is 2.82 bits per heavy atom. The van der Waals surface area contributed by atoms with Gasteiger partial charge in [0.05, 0.1) is 11.4 Å². The molecule has 94 valence electrons. The molecule has 1 aliphatic heterocycles. The van der Waals surface area contributed by atoms with Crippen molar-refractivity contribution < 1.29 is 23.0 Å². The van der Waals surface area contributed by atoms with Crippen molar-refractivity contribution in [1.82, 2.24) is 0 Å². The van der Waals surface area contributed by atoms with Gasteiger partial charge < -0.3 is 14.6 Å². The average molecular weight is 259 g/mol. The van der Waals surface area contributed by atoms with Crippen LogP contribution in [-0.4, -0.2) is 32.7 Å². The van der Waals surface area contributed by atoms with Crippen LogP contribution < -0.4 is 14.2 Å². The highest BCUT2D eigenvalue weighted by atomic mass is 32.2. The molecule has 0 aliphatic carbocycles. The number of anilines is 1. The summed E-state index contributed by atoms with van der Waals surface area (Å²) < 4.78 is 35.8. The quantitative estimate of drug-likeness (QED) is 0.806. The molecule has 1 aromatic rings. The molecule has 6 nitrogen and oxygen atoms in total. The van der Waals surface area contributed by atoms with E-state index in [4.69, 9.17) is 14.6 Å². The highest BCUT2D eigenvalue weighted by Crippen LogP contribution is 2.34. The minimum atomic E-state index is -3.42. The van der Waals surface area contributed by atoms with Crippen molar-refractivity contribution in [2.75, 3.05) is 23.9 Å². The van der Waals surface area contributed by atoms with Gasteiger partial charge in [0.2, 0.25) is 16.8 Å². The van der Waals surface area contributed by atoms with Crippen molar-refractivity contribution in [3.63, 3.8) is 0 Å². The van der Waals surface area contributed by atoms with Crippen molar-refractivity contribution in [3.05, 3.63) is 18.2 Å². The molecule has 0 amide bonds. The maximum atomic E-state index is 11.6. The second-order valence-corrected chi connectivity index (χ2v) is 5.41. The van der Waals surface area contributed by atoms with E-state index in [1.54, 1.807) is 18.2 Å². The summed E-state index contributed by atoms with van der Waals surface area (Å²) in [6.45, 7) is -0.00189. The van der Waals surface area contributed by atoms with Gasteiger partial charge in [-0.05, 0) is 18.6 Å². The molecule has 0 fully saturated rings. The number of aliphatic hydroxyl groups is 1. The van der Waals surface area contributed by atoms with E-state index in [1.165, 1.54) is 0 Å². The largest absolute Gasteiger partial charge is 0.454 e. The molecule has 2 N–H and O–H groups in total. The molecular weight excluding hydrogens is 246 g/mol. The van der Waals surface area contributed by atoms with Crippen molar-refractivity contribution in [1.29, 1.82) is 0 Å². The highest BCUT2D eigenvalue weighted by Gasteiger charge is 2.15. The Labute approximate surface area is 99.2 Å². The van der Waals surface area contributed by atoms with E-state index in [9.17, 15) is 8.42 Å². The third-order valence-electron chi connectivity index (χ3n) is 2.22. The molecule has 1 aromatic carbocycles. The Morgan fingerprint density at radius 2 is 2.06 bits per heavy atom. The van der Waals surface area contributed by atoms with Crippen LogP contribution in [0.15, 0.2) is 18.2 Å². The van der Waals surface area contributed by atoms with E-state index >= 15 is 0 Å². The Kier molecular flexibility index (Phi) is 3.39. The van der Waals surface area contributed by atoms with E-state index in [0.29, 0.717) is 17.2 Å². The number of sulfonamides is 1. The van der Waals surface area contributed by atoms with Gasteiger partial charge in [-0.1, -0.05) is 0 Å². The van der Waals surface area contributed by atoms with Gasteiger partial charge in [-0.25, -0.2) is 8.42 Å². The molecule has 0 unspecified atom stereocenters. The molecule has 17 heavy (non-hydrogen) atoms. The third kappa shape index (κ3) is 3.01. The summed E-state index contributed by atoms with van der Waals surface area (Å²) in [5.41, 5.74) is 0.423. The van der Waals surface area contributed by atoms with Gasteiger partial charge in [0, 0.05) is 12.7 Å². The van der Waals surface area contributed by atoms with Gasteiger partial charge in [0.15, 0.2) is 11.5 Å². The fourth-order valence-corrected chi connectivity index (χ4v) is 2.54. The summed E-state index contributed by atoms with van der Waals surface area (Å²) in [5, 5.41) is 8.59. The zero-order valence-electron chi connectivity index (χ0n) is 9.05. The topological polar surface area (TPSA) is 84.9 Å². The number of rotatable bonds is 5. The Morgan fingerprint density at radius 1 is 1.29 bits per heavy atom. The summed E-state index contributed by atoms with van der Waals surface area (Å²) >= 11 is 0. The molecule has 0 radical (unpaired) electrons. The predicted octanol–water partition coefficient (Wildman–Crippen LogP) is 0.539. The fourth-order valence-electron chi connectivity index (χ4n) is 1.45. The lowest BCUT2D eigenvalue weighted by atomic mass is 10.3. The van der Waals surface area contributed by atoms with Gasteiger partial charge in [0.1, 0.15) is 0 Å². The Bertz CT molecular complexity index is 499. The lowest BCUT2D eigenvalue weighted by Gasteiger charge is -2.07. The summed E-state index contributed by atoms with van der Waals surface area (Å²) in [4.78, 5) is 0. The van der Waals surface area contributed by atoms with Crippen LogP contribution in [0.25, 0.3) is 0 Å². The van der Waals surface area contributed by atoms with E-state index < -0.39 is 10.0 Å². The van der Waals surface area contributed by atoms with Crippen LogP contribution in [0, 0.1) is 0 Å². The maximum Gasteiger partial charge on any atom is 0.232 e. The highest BCUT2D eigenvalue weighted by molar-refractivity contribution is 7.92. The monoisotopic (exact) mass is 259 g/mol. The van der Waals surface area contributed by atoms with Crippen LogP contribution in [0.1, 0.15) is 6.42 Å². The number of fused-ring (bicyclic) bond motifs is 1. The maximum absolute atomic E-state index is 11.6. The molecule has 0 saturated heterocycles. The van der Waals surface area contributed by atoms with Crippen LogP contribution >= 0.6 is 0 Å². The first-order valence-corrected chi connectivity index (χ1v) is 6.77. The zero-order chi connectivity index (χ0) is 12.3. The van der Waals surface area contributed by atoms with Crippen molar-refractivity contribution in [3.8, 4) is 11.5 Å². The van der Waals surface area contributed by atoms with E-state index in [1.807, 2.05) is 0 Å². The van der Waals surface area contributed by atoms with Gasteiger partial charge in [-0.3, -0.25) is 4.72 Å². The van der Waals surface area contributed by atoms with Crippen LogP contribution in [0.3, 0.4) is 0 Å². The Balaban J connectivity index is 2.09. The molecular formula is C10H13NO5S. The third-order valence-corrected chi connectivity index (χ3v) is 3.59. The normalized spacial score (nSPS) is 13.7. The molecule has 1 heterocycles. The number of benzene rings is 1. The van der Waals surface area contributed by atoms with Crippen molar-refractivity contribution in [2.24, 2.45) is 0 Å². The van der Waals surface area contributed by atoms with Gasteiger partial charge in [0.25, 0.3) is 0 Å². The number of nitrogens with one attached hydrogen (secondary N) is 1. The first-order valence-electron chi connectivity index (χ1n) is 5.12. The molecule has 0 saturated carbocycles. The summed E-state index contributed by atoms with van der Waals surface area (Å²) in [6.07, 6.45) is 0.208. The Hall–Kier alpha value is -1.47. The second kappa shape index (κ2) is 4.80. The second-order valence-electron chi connectivity index (χ2n) is 3.57. The van der Waals surface area contributed by atoms with Crippen LogP contribution in [0.2, 0.25) is 0 Å². The summed E-state index contributed by atoms with van der Waals surface area (Å²) in [5.74, 6) is 1.01. The van der Waals surface area contributed by atoms with Crippen molar-refractivity contribution in [2.45, 2.75) is 6.42 Å². The number of aliphatic hydroxyl groups excluding tert-OH is 1. The fraction of sp³-hybridized carbons (Fsp3) is 0.400. The minimum absolute atomic E-state index is 0.113. The average Bonchev–Trinajstić information content (AvgIpc) is 2.73. The minimum Gasteiger partial charge on any atom is -0.454 e. The van der Waals surface area contributed by atoms with Crippen molar-refractivity contribution >= 4 is 15.7 Å². The molecule has 0 atom stereocenters. The van der Waals surface area contributed by atoms with E-state index in [-0.39, 0.29) is 25.6 Å². The molecule has 0 spiro atoms. The number of hydrogen-bond donors (Lipinski definition) is 2. The standard InChI is InChI=1S/C10H13NO5S/c12-4-1-5-17(13,14)11-8-2-3-9-10(6-8)16-7-15-9/h2-3,6,11-12H,1,4-5,7H2. The molecule has 0 aromatic heterocycles. The predicted molar refractivity (Wildman–Crippen MR) is 61.7 cm³/mol. The van der Waals surface area contributed by atoms with E-state index in [2.05, 4.69) is 4.72 Å². The molecule has 2 rings (SSSR count). The number of hydrogen-bond acceptors (Lipinski definition) is 5. The first-order chi connectivity index (χ1) is 8.11. The van der Waals surface area contributed by atoms with Crippen LogP contribution in [0.5, 0.6) is 11.5 Å². The first kappa shape index (κ1) is 12.0. The van der Waals surface area contributed by atoms with Gasteiger partial charge >= 0.3 is 0 Å².